The molecule has 0 unspecified atom stereocenters. The van der Waals surface area contributed by atoms with E-state index in [0.29, 0.717) is 20.8 Å². The van der Waals surface area contributed by atoms with Crippen LogP contribution in [0.2, 0.25) is 5.02 Å². The molecule has 4 rings (SSSR count). The molecule has 0 saturated heterocycles. The van der Waals surface area contributed by atoms with Crippen LogP contribution in [0.3, 0.4) is 0 Å². The van der Waals surface area contributed by atoms with Gasteiger partial charge in [-0.3, -0.25) is 9.59 Å². The van der Waals surface area contributed by atoms with Crippen LogP contribution in [0.25, 0.3) is 0 Å². The van der Waals surface area contributed by atoms with Crippen molar-refractivity contribution in [3.8, 4) is 11.5 Å². The molecule has 0 saturated carbocycles. The maximum Gasteiger partial charge on any atom is 0.321 e. The van der Waals surface area contributed by atoms with E-state index in [4.69, 9.17) is 16.3 Å². The Balaban J connectivity index is 1.39. The van der Waals surface area contributed by atoms with E-state index in [1.807, 2.05) is 0 Å². The number of rotatable bonds is 10. The predicted molar refractivity (Wildman–Crippen MR) is 134 cm³/mol. The Morgan fingerprint density at radius 2 is 1.59 bits per heavy atom. The van der Waals surface area contributed by atoms with Crippen molar-refractivity contribution in [2.45, 2.75) is 28.7 Å². The third kappa shape index (κ3) is 5.77. The van der Waals surface area contributed by atoms with Gasteiger partial charge in [0, 0.05) is 11.6 Å². The average molecular weight is 565 g/mol. The Bertz CT molecular complexity index is 1540. The zero-order chi connectivity index (χ0) is 26.8. The van der Waals surface area contributed by atoms with E-state index in [9.17, 15) is 31.5 Å². The largest absolute Gasteiger partial charge is 0.480 e. The first kappa shape index (κ1) is 26.6. The Labute approximate surface area is 218 Å². The minimum Gasteiger partial charge on any atom is -0.480 e. The molecule has 0 bridgehead atoms. The minimum absolute atomic E-state index is 0.0430. The summed E-state index contributed by atoms with van der Waals surface area (Å²) in [6, 6.07) is 16.1. The highest BCUT2D eigenvalue weighted by atomic mass is 35.5. The molecule has 1 heterocycles. The summed E-state index contributed by atoms with van der Waals surface area (Å²) in [5.41, 5.74) is 0.0430. The number of fused-ring (bicyclic) bond motifs is 1. The number of hydrogen-bond acceptors (Lipinski definition) is 7. The maximum absolute atomic E-state index is 12.8. The molecule has 0 radical (unpaired) electrons. The molecule has 1 aliphatic heterocycles. The summed E-state index contributed by atoms with van der Waals surface area (Å²) in [5.74, 6) is -1.30. The molecular formula is C24H21ClN2O8S2. The van der Waals surface area contributed by atoms with Gasteiger partial charge in [-0.15, -0.1) is 0 Å². The highest BCUT2D eigenvalue weighted by Gasteiger charge is 2.40. The quantitative estimate of drug-likeness (QED) is 0.380. The molecule has 3 aromatic rings. The van der Waals surface area contributed by atoms with Crippen LogP contribution in [-0.4, -0.2) is 50.7 Å². The normalized spacial score (nSPS) is 15.3. The highest BCUT2D eigenvalue weighted by molar-refractivity contribution is 7.90. The van der Waals surface area contributed by atoms with Crippen molar-refractivity contribution in [1.82, 2.24) is 9.03 Å². The third-order valence-corrected chi connectivity index (χ3v) is 9.12. The first-order valence-corrected chi connectivity index (χ1v) is 14.2. The van der Waals surface area contributed by atoms with Crippen molar-refractivity contribution < 1.29 is 36.3 Å². The van der Waals surface area contributed by atoms with Gasteiger partial charge in [-0.2, -0.15) is 4.72 Å². The smallest absolute Gasteiger partial charge is 0.321 e. The molecule has 10 nitrogen and oxygen atoms in total. The van der Waals surface area contributed by atoms with Crippen molar-refractivity contribution in [3.05, 3.63) is 83.4 Å². The Morgan fingerprint density at radius 1 is 1.00 bits per heavy atom. The average Bonchev–Trinajstić information content (AvgIpc) is 3.05. The van der Waals surface area contributed by atoms with Gasteiger partial charge in [0.05, 0.1) is 10.5 Å². The lowest BCUT2D eigenvalue weighted by atomic mass is 10.1. The predicted octanol–water partition coefficient (Wildman–Crippen LogP) is 3.49. The minimum atomic E-state index is -4.23. The van der Waals surface area contributed by atoms with Crippen LogP contribution < -0.4 is 9.46 Å². The first-order chi connectivity index (χ1) is 17.5. The monoisotopic (exact) mass is 564 g/mol. The van der Waals surface area contributed by atoms with Crippen LogP contribution in [0, 0.1) is 0 Å². The number of ether oxygens (including phenoxy) is 1. The standard InChI is InChI=1S/C24H21ClN2O8S2/c25-16-7-9-17(10-8-16)35-18-11-13-19(14-12-18)36(31,32)26-21(24(29)30)5-3-15-27-23(28)20-4-1-2-6-22(20)37(27,33)34/h1-2,4,6-14,21,26H,3,5,15H2,(H,29,30)/t21-/m1/s1. The number of carboxylic acid groups (broad SMARTS) is 1. The molecule has 0 aromatic heterocycles. The second kappa shape index (κ2) is 10.5. The SMILES string of the molecule is O=C(O)[C@@H](CCCN1C(=O)c2ccccc2S1(=O)=O)NS(=O)(=O)c1ccc(Oc2ccc(Cl)cc2)cc1. The lowest BCUT2D eigenvalue weighted by Crippen LogP contribution is -2.41. The Kier molecular flexibility index (Phi) is 7.55. The molecule has 1 amide bonds. The van der Waals surface area contributed by atoms with Gasteiger partial charge in [-0.1, -0.05) is 23.7 Å². The molecule has 194 valence electrons. The third-order valence-electron chi connectivity index (χ3n) is 5.54. The first-order valence-electron chi connectivity index (χ1n) is 10.9. The lowest BCUT2D eigenvalue weighted by molar-refractivity contribution is -0.139. The van der Waals surface area contributed by atoms with Crippen molar-refractivity contribution in [2.24, 2.45) is 0 Å². The molecule has 0 aliphatic carbocycles. The van der Waals surface area contributed by atoms with E-state index in [1.54, 1.807) is 30.3 Å². The fraction of sp³-hybridized carbons (Fsp3) is 0.167. The second-order valence-electron chi connectivity index (χ2n) is 8.06. The zero-order valence-corrected chi connectivity index (χ0v) is 21.5. The van der Waals surface area contributed by atoms with Crippen molar-refractivity contribution in [1.29, 1.82) is 0 Å². The van der Waals surface area contributed by atoms with Gasteiger partial charge in [-0.25, -0.2) is 21.1 Å². The van der Waals surface area contributed by atoms with Crippen LogP contribution in [0.5, 0.6) is 11.5 Å². The number of carboxylic acids is 1. The summed E-state index contributed by atoms with van der Waals surface area (Å²) >= 11 is 5.84. The second-order valence-corrected chi connectivity index (χ2v) is 12.0. The topological polar surface area (TPSA) is 147 Å². The fourth-order valence-corrected chi connectivity index (χ4v) is 6.66. The summed E-state index contributed by atoms with van der Waals surface area (Å²) in [5, 5.41) is 10.1. The van der Waals surface area contributed by atoms with E-state index in [-0.39, 0.29) is 34.7 Å². The number of carbonyl (C=O) groups excluding carboxylic acids is 1. The van der Waals surface area contributed by atoms with Gasteiger partial charge < -0.3 is 9.84 Å². The van der Waals surface area contributed by atoms with Gasteiger partial charge in [0.2, 0.25) is 10.0 Å². The van der Waals surface area contributed by atoms with E-state index in [0.717, 1.165) is 0 Å². The number of aliphatic carboxylic acids is 1. The maximum atomic E-state index is 12.8. The summed E-state index contributed by atoms with van der Waals surface area (Å²) < 4.78 is 59.3. The summed E-state index contributed by atoms with van der Waals surface area (Å²) in [4.78, 5) is 23.9. The van der Waals surface area contributed by atoms with Crippen molar-refractivity contribution in [3.63, 3.8) is 0 Å². The summed E-state index contributed by atoms with van der Waals surface area (Å²) in [7, 11) is -8.27. The van der Waals surface area contributed by atoms with Gasteiger partial charge >= 0.3 is 5.97 Å². The number of sulfonamides is 2. The number of nitrogens with one attached hydrogen (secondary N) is 1. The van der Waals surface area contributed by atoms with Crippen LogP contribution in [-0.2, 0) is 24.8 Å². The Morgan fingerprint density at radius 3 is 2.19 bits per heavy atom. The highest BCUT2D eigenvalue weighted by Crippen LogP contribution is 2.30. The molecule has 37 heavy (non-hydrogen) atoms. The number of nitrogens with zero attached hydrogens (tertiary/aromatic N) is 1. The lowest BCUT2D eigenvalue weighted by Gasteiger charge is -2.18. The van der Waals surface area contributed by atoms with Gasteiger partial charge in [0.15, 0.2) is 0 Å². The van der Waals surface area contributed by atoms with E-state index >= 15 is 0 Å². The molecular weight excluding hydrogens is 544 g/mol. The summed E-state index contributed by atoms with van der Waals surface area (Å²) in [6.45, 7) is -0.294. The van der Waals surface area contributed by atoms with Crippen LogP contribution in [0.1, 0.15) is 23.2 Å². The van der Waals surface area contributed by atoms with E-state index < -0.39 is 38.0 Å². The molecule has 0 spiro atoms. The molecule has 3 aromatic carbocycles. The molecule has 0 fully saturated rings. The number of carbonyl (C=O) groups is 2. The summed E-state index contributed by atoms with van der Waals surface area (Å²) in [6.07, 6.45) is -0.325. The van der Waals surface area contributed by atoms with E-state index in [1.165, 1.54) is 42.5 Å². The molecule has 2 N–H and O–H groups in total. The fourth-order valence-electron chi connectivity index (χ4n) is 3.70. The van der Waals surface area contributed by atoms with Crippen LogP contribution in [0.4, 0.5) is 0 Å². The molecule has 1 atom stereocenters. The van der Waals surface area contributed by atoms with Gasteiger partial charge in [0.1, 0.15) is 22.4 Å². The molecule has 1 aliphatic rings. The number of halogens is 1. The number of amides is 1. The van der Waals surface area contributed by atoms with Crippen molar-refractivity contribution in [2.75, 3.05) is 6.54 Å². The number of hydrogen-bond donors (Lipinski definition) is 2. The molecule has 13 heteroatoms. The van der Waals surface area contributed by atoms with Crippen LogP contribution >= 0.6 is 11.6 Å². The zero-order valence-electron chi connectivity index (χ0n) is 19.1. The van der Waals surface area contributed by atoms with Crippen LogP contribution in [0.15, 0.2) is 82.6 Å². The van der Waals surface area contributed by atoms with E-state index in [2.05, 4.69) is 4.72 Å². The van der Waals surface area contributed by atoms with Gasteiger partial charge in [0.25, 0.3) is 15.9 Å². The van der Waals surface area contributed by atoms with Crippen molar-refractivity contribution >= 4 is 43.5 Å². The number of benzene rings is 3. The Hall–Kier alpha value is -3.45. The van der Waals surface area contributed by atoms with Gasteiger partial charge in [-0.05, 0) is 73.5 Å².